The fourth-order valence-corrected chi connectivity index (χ4v) is 3.43. The molecule has 0 amide bonds. The third-order valence-corrected chi connectivity index (χ3v) is 4.75. The summed E-state index contributed by atoms with van der Waals surface area (Å²) in [7, 11) is 0. The quantitative estimate of drug-likeness (QED) is 0.860. The molecule has 0 aromatic heterocycles. The molecule has 4 nitrogen and oxygen atoms in total. The number of aromatic carboxylic acids is 1. The summed E-state index contributed by atoms with van der Waals surface area (Å²) in [6.07, 6.45) is 0. The largest absolute Gasteiger partial charge is 0.492 e. The van der Waals surface area contributed by atoms with Gasteiger partial charge < -0.3 is 14.7 Å². The van der Waals surface area contributed by atoms with Crippen LogP contribution in [0.1, 0.15) is 49.2 Å². The van der Waals surface area contributed by atoms with E-state index in [-0.39, 0.29) is 11.5 Å². The number of fused-ring (bicyclic) bond motifs is 1. The van der Waals surface area contributed by atoms with Gasteiger partial charge in [-0.1, -0.05) is 13.8 Å². The van der Waals surface area contributed by atoms with Crippen molar-refractivity contribution in [2.45, 2.75) is 46.1 Å². The highest BCUT2D eigenvalue weighted by molar-refractivity contribution is 5.88. The first-order chi connectivity index (χ1) is 11.7. The standard InChI is InChI=1S/C21H25NO3/c1-13(2)22(16-8-6-15(7-9-16)20(23)24)17-10-14(3)19-18(11-17)21(4,5)12-25-19/h6-11,13H,12H2,1-5H3,(H,23,24). The number of hydrogen-bond acceptors (Lipinski definition) is 3. The molecule has 1 N–H and O–H groups in total. The Hall–Kier alpha value is -2.49. The molecule has 2 aromatic rings. The van der Waals surface area contributed by atoms with Crippen molar-refractivity contribution in [2.75, 3.05) is 11.5 Å². The Morgan fingerprint density at radius 3 is 2.36 bits per heavy atom. The first kappa shape index (κ1) is 17.3. The second kappa shape index (κ2) is 6.10. The van der Waals surface area contributed by atoms with Crippen LogP contribution in [-0.2, 0) is 5.41 Å². The van der Waals surface area contributed by atoms with E-state index >= 15 is 0 Å². The van der Waals surface area contributed by atoms with Crippen LogP contribution in [-0.4, -0.2) is 23.7 Å². The third-order valence-electron chi connectivity index (χ3n) is 4.75. The Labute approximate surface area is 149 Å². The second-order valence-corrected chi connectivity index (χ2v) is 7.63. The maximum absolute atomic E-state index is 11.1. The molecule has 0 spiro atoms. The summed E-state index contributed by atoms with van der Waals surface area (Å²) in [5.41, 5.74) is 4.74. The van der Waals surface area contributed by atoms with E-state index in [0.717, 1.165) is 22.7 Å². The van der Waals surface area contributed by atoms with Crippen molar-refractivity contribution in [3.63, 3.8) is 0 Å². The van der Waals surface area contributed by atoms with Crippen LogP contribution in [0.3, 0.4) is 0 Å². The van der Waals surface area contributed by atoms with Gasteiger partial charge >= 0.3 is 5.97 Å². The smallest absolute Gasteiger partial charge is 0.335 e. The molecular formula is C21H25NO3. The topological polar surface area (TPSA) is 49.8 Å². The molecule has 25 heavy (non-hydrogen) atoms. The van der Waals surface area contributed by atoms with Crippen LogP contribution in [0, 0.1) is 6.92 Å². The minimum Gasteiger partial charge on any atom is -0.492 e. The van der Waals surface area contributed by atoms with Gasteiger partial charge in [-0.2, -0.15) is 0 Å². The number of nitrogens with zero attached hydrogens (tertiary/aromatic N) is 1. The Morgan fingerprint density at radius 2 is 1.80 bits per heavy atom. The Morgan fingerprint density at radius 1 is 1.16 bits per heavy atom. The molecule has 0 bridgehead atoms. The van der Waals surface area contributed by atoms with Crippen LogP contribution in [0.2, 0.25) is 0 Å². The number of ether oxygens (including phenoxy) is 1. The van der Waals surface area contributed by atoms with E-state index in [0.29, 0.717) is 12.2 Å². The van der Waals surface area contributed by atoms with Crippen molar-refractivity contribution >= 4 is 17.3 Å². The van der Waals surface area contributed by atoms with E-state index in [1.165, 1.54) is 5.56 Å². The average molecular weight is 339 g/mol. The molecule has 132 valence electrons. The molecule has 0 saturated heterocycles. The fourth-order valence-electron chi connectivity index (χ4n) is 3.43. The van der Waals surface area contributed by atoms with Crippen molar-refractivity contribution in [1.29, 1.82) is 0 Å². The van der Waals surface area contributed by atoms with E-state index in [9.17, 15) is 4.79 Å². The fraction of sp³-hybridized carbons (Fsp3) is 0.381. The molecular weight excluding hydrogens is 314 g/mol. The van der Waals surface area contributed by atoms with E-state index in [1.54, 1.807) is 12.1 Å². The normalized spacial score (nSPS) is 15.0. The van der Waals surface area contributed by atoms with Gasteiger partial charge in [0, 0.05) is 28.4 Å². The van der Waals surface area contributed by atoms with Crippen LogP contribution < -0.4 is 9.64 Å². The lowest BCUT2D eigenvalue weighted by Gasteiger charge is -2.31. The zero-order valence-corrected chi connectivity index (χ0v) is 15.5. The number of carboxylic acids is 1. The van der Waals surface area contributed by atoms with Crippen LogP contribution >= 0.6 is 0 Å². The van der Waals surface area contributed by atoms with Crippen LogP contribution in [0.25, 0.3) is 0 Å². The Bertz CT molecular complexity index is 807. The van der Waals surface area contributed by atoms with E-state index in [1.807, 2.05) is 12.1 Å². The van der Waals surface area contributed by atoms with Crippen LogP contribution in [0.5, 0.6) is 5.75 Å². The molecule has 1 aliphatic rings. The lowest BCUT2D eigenvalue weighted by atomic mass is 9.85. The van der Waals surface area contributed by atoms with Gasteiger partial charge in [-0.25, -0.2) is 4.79 Å². The summed E-state index contributed by atoms with van der Waals surface area (Å²) in [6.45, 7) is 11.4. The molecule has 0 aliphatic carbocycles. The Balaban J connectivity index is 2.08. The summed E-state index contributed by atoms with van der Waals surface area (Å²) >= 11 is 0. The number of carbonyl (C=O) groups is 1. The highest BCUT2D eigenvalue weighted by Crippen LogP contribution is 2.44. The Kier molecular flexibility index (Phi) is 4.23. The minimum absolute atomic E-state index is 0.00802. The van der Waals surface area contributed by atoms with Gasteiger partial charge in [0.15, 0.2) is 0 Å². The van der Waals surface area contributed by atoms with E-state index in [4.69, 9.17) is 9.84 Å². The third kappa shape index (κ3) is 3.09. The van der Waals surface area contributed by atoms with Gasteiger partial charge in [-0.05, 0) is 62.7 Å². The monoisotopic (exact) mass is 339 g/mol. The van der Waals surface area contributed by atoms with Gasteiger partial charge in [0.1, 0.15) is 5.75 Å². The van der Waals surface area contributed by atoms with Gasteiger partial charge in [0.05, 0.1) is 12.2 Å². The SMILES string of the molecule is Cc1cc(N(c2ccc(C(=O)O)cc2)C(C)C)cc2c1OCC2(C)C. The predicted molar refractivity (Wildman–Crippen MR) is 100 cm³/mol. The zero-order valence-electron chi connectivity index (χ0n) is 15.5. The molecule has 0 saturated carbocycles. The van der Waals surface area contributed by atoms with Crippen molar-refractivity contribution in [3.05, 3.63) is 53.1 Å². The molecule has 1 aliphatic heterocycles. The zero-order chi connectivity index (χ0) is 18.4. The summed E-state index contributed by atoms with van der Waals surface area (Å²) in [5, 5.41) is 9.11. The van der Waals surface area contributed by atoms with Gasteiger partial charge in [0.25, 0.3) is 0 Å². The van der Waals surface area contributed by atoms with Crippen molar-refractivity contribution in [3.8, 4) is 5.75 Å². The summed E-state index contributed by atoms with van der Waals surface area (Å²) in [6, 6.07) is 11.6. The molecule has 0 radical (unpaired) electrons. The number of benzene rings is 2. The van der Waals surface area contributed by atoms with E-state index < -0.39 is 5.97 Å². The molecule has 2 aromatic carbocycles. The highest BCUT2D eigenvalue weighted by atomic mass is 16.5. The summed E-state index contributed by atoms with van der Waals surface area (Å²) in [4.78, 5) is 13.3. The molecule has 4 heteroatoms. The van der Waals surface area contributed by atoms with E-state index in [2.05, 4.69) is 51.7 Å². The maximum Gasteiger partial charge on any atom is 0.335 e. The highest BCUT2D eigenvalue weighted by Gasteiger charge is 2.34. The number of anilines is 2. The molecule has 0 fully saturated rings. The molecule has 3 rings (SSSR count). The summed E-state index contributed by atoms with van der Waals surface area (Å²) in [5.74, 6) is 0.0913. The molecule has 1 heterocycles. The van der Waals surface area contributed by atoms with Crippen molar-refractivity contribution in [1.82, 2.24) is 0 Å². The maximum atomic E-state index is 11.1. The number of hydrogen-bond donors (Lipinski definition) is 1. The summed E-state index contributed by atoms with van der Waals surface area (Å²) < 4.78 is 5.90. The number of rotatable bonds is 4. The van der Waals surface area contributed by atoms with Crippen LogP contribution in [0.4, 0.5) is 11.4 Å². The average Bonchev–Trinajstić information content (AvgIpc) is 2.84. The lowest BCUT2D eigenvalue weighted by Crippen LogP contribution is -2.26. The van der Waals surface area contributed by atoms with Crippen molar-refractivity contribution in [2.24, 2.45) is 0 Å². The van der Waals surface area contributed by atoms with Gasteiger partial charge in [-0.15, -0.1) is 0 Å². The van der Waals surface area contributed by atoms with Gasteiger partial charge in [0.2, 0.25) is 0 Å². The predicted octanol–water partition coefficient (Wildman–Crippen LogP) is 4.91. The minimum atomic E-state index is -0.907. The number of carboxylic acid groups (broad SMARTS) is 1. The second-order valence-electron chi connectivity index (χ2n) is 7.63. The molecule has 0 atom stereocenters. The van der Waals surface area contributed by atoms with Gasteiger partial charge in [-0.3, -0.25) is 0 Å². The van der Waals surface area contributed by atoms with Crippen LogP contribution in [0.15, 0.2) is 36.4 Å². The molecule has 0 unspecified atom stereocenters. The number of aryl methyl sites for hydroxylation is 1. The lowest BCUT2D eigenvalue weighted by molar-refractivity contribution is 0.0697. The first-order valence-electron chi connectivity index (χ1n) is 8.61. The van der Waals surface area contributed by atoms with Crippen molar-refractivity contribution < 1.29 is 14.6 Å². The first-order valence-corrected chi connectivity index (χ1v) is 8.61.